The normalized spacial score (nSPS) is 35.2. The van der Waals surface area contributed by atoms with E-state index in [2.05, 4.69) is 11.9 Å². The van der Waals surface area contributed by atoms with Crippen LogP contribution in [0.2, 0.25) is 0 Å². The zero-order valence-corrected chi connectivity index (χ0v) is 16.2. The maximum Gasteiger partial charge on any atom is 0.235 e. The molecule has 4 fully saturated rings. The molecule has 4 aliphatic carbocycles. The monoisotopic (exact) mass is 364 g/mol. The summed E-state index contributed by atoms with van der Waals surface area (Å²) in [6, 6.07) is 9.48. The van der Waals surface area contributed by atoms with Gasteiger partial charge in [0.25, 0.3) is 0 Å². The van der Waals surface area contributed by atoms with E-state index in [1.54, 1.807) is 12.5 Å². The smallest absolute Gasteiger partial charge is 0.235 e. The number of pyridine rings is 1. The predicted molar refractivity (Wildman–Crippen MR) is 104 cm³/mol. The number of carbonyl (C=O) groups is 1. The van der Waals surface area contributed by atoms with Gasteiger partial charge in [0.1, 0.15) is 11.6 Å². The van der Waals surface area contributed by atoms with E-state index >= 15 is 0 Å². The lowest BCUT2D eigenvalue weighted by Crippen LogP contribution is -2.58. The van der Waals surface area contributed by atoms with Crippen LogP contribution in [0.1, 0.15) is 64.2 Å². The quantitative estimate of drug-likeness (QED) is 0.732. The van der Waals surface area contributed by atoms with Gasteiger partial charge < -0.3 is 4.42 Å². The number of furan rings is 1. The third-order valence-electron chi connectivity index (χ3n) is 7.26. The minimum absolute atomic E-state index is 0.164. The molecule has 2 heterocycles. The summed E-state index contributed by atoms with van der Waals surface area (Å²) in [4.78, 5) is 20.6. The third-order valence-corrected chi connectivity index (χ3v) is 7.26. The van der Waals surface area contributed by atoms with Crippen molar-refractivity contribution in [2.45, 2.75) is 58.4 Å². The molecule has 4 heteroatoms. The van der Waals surface area contributed by atoms with Gasteiger partial charge in [-0.05, 0) is 87.0 Å². The molecule has 4 bridgehead atoms. The van der Waals surface area contributed by atoms with Crippen molar-refractivity contribution in [1.82, 2.24) is 4.98 Å². The average Bonchev–Trinajstić information content (AvgIpc) is 3.15. The van der Waals surface area contributed by atoms with Crippen molar-refractivity contribution in [3.05, 3.63) is 48.6 Å². The van der Waals surface area contributed by atoms with Crippen LogP contribution in [0, 0.1) is 22.7 Å². The van der Waals surface area contributed by atoms with Crippen molar-refractivity contribution in [2.75, 3.05) is 4.90 Å². The summed E-state index contributed by atoms with van der Waals surface area (Å²) in [5, 5.41) is 0. The highest BCUT2D eigenvalue weighted by atomic mass is 16.3. The predicted octanol–water partition coefficient (Wildman–Crippen LogP) is 5.38. The highest BCUT2D eigenvalue weighted by molar-refractivity contribution is 5.97. The Labute approximate surface area is 161 Å². The molecule has 0 aliphatic heterocycles. The molecule has 6 rings (SSSR count). The summed E-state index contributed by atoms with van der Waals surface area (Å²) in [5.41, 5.74) is 0.112. The Morgan fingerprint density at radius 3 is 2.56 bits per heavy atom. The maximum atomic E-state index is 14.1. The molecule has 0 N–H and O–H groups in total. The summed E-state index contributed by atoms with van der Waals surface area (Å²) >= 11 is 0. The standard InChI is InChI=1S/C23H28N2O2/c1-16(19-6-5-9-27-19)25(20-7-3-4-8-24-20)21(26)23-13-17-10-18(14-23)12-22(2,11-17)15-23/h3-9,16-18H,10-15H2,1-2H3/t16-,17-,18+,22?,23?/m1/s1. The molecule has 1 amide bonds. The van der Waals surface area contributed by atoms with Crippen molar-refractivity contribution >= 4 is 11.7 Å². The lowest BCUT2D eigenvalue weighted by Gasteiger charge is -2.61. The Hall–Kier alpha value is -2.10. The minimum Gasteiger partial charge on any atom is -0.467 e. The third kappa shape index (κ3) is 2.72. The second-order valence-electron chi connectivity index (χ2n) is 9.61. The lowest BCUT2D eigenvalue weighted by molar-refractivity contribution is -0.153. The van der Waals surface area contributed by atoms with Gasteiger partial charge in [-0.1, -0.05) is 13.0 Å². The van der Waals surface area contributed by atoms with Crippen LogP contribution in [0.25, 0.3) is 0 Å². The molecular formula is C23H28N2O2. The van der Waals surface area contributed by atoms with Crippen molar-refractivity contribution in [3.8, 4) is 0 Å². The number of hydrogen-bond donors (Lipinski definition) is 0. The van der Waals surface area contributed by atoms with Crippen LogP contribution in [0.3, 0.4) is 0 Å². The van der Waals surface area contributed by atoms with Crippen LogP contribution >= 0.6 is 0 Å². The molecule has 2 aromatic rings. The van der Waals surface area contributed by atoms with Gasteiger partial charge in [0, 0.05) is 6.20 Å². The summed E-state index contributed by atoms with van der Waals surface area (Å²) in [6.07, 6.45) is 10.5. The van der Waals surface area contributed by atoms with E-state index in [0.29, 0.717) is 17.3 Å². The van der Waals surface area contributed by atoms with Gasteiger partial charge in [0.05, 0.1) is 17.7 Å². The molecule has 2 aromatic heterocycles. The number of aromatic nitrogens is 1. The topological polar surface area (TPSA) is 46.3 Å². The zero-order chi connectivity index (χ0) is 18.6. The zero-order valence-electron chi connectivity index (χ0n) is 16.2. The second-order valence-corrected chi connectivity index (χ2v) is 9.61. The fourth-order valence-electron chi connectivity index (χ4n) is 6.86. The molecule has 4 aliphatic rings. The SMILES string of the molecule is C[C@H](c1ccco1)N(C(=O)C12C[C@@H]3C[C@@H](CC(C)(C3)C1)C2)c1ccccn1. The number of carbonyl (C=O) groups excluding carboxylic acids is 1. The van der Waals surface area contributed by atoms with Crippen molar-refractivity contribution in [1.29, 1.82) is 0 Å². The molecular weight excluding hydrogens is 336 g/mol. The largest absolute Gasteiger partial charge is 0.467 e. The molecule has 0 saturated heterocycles. The van der Waals surface area contributed by atoms with E-state index in [9.17, 15) is 4.79 Å². The van der Waals surface area contributed by atoms with E-state index < -0.39 is 0 Å². The number of hydrogen-bond acceptors (Lipinski definition) is 3. The van der Waals surface area contributed by atoms with Crippen molar-refractivity contribution in [2.24, 2.45) is 22.7 Å². The molecule has 4 saturated carbocycles. The summed E-state index contributed by atoms with van der Waals surface area (Å²) in [5.74, 6) is 3.22. The van der Waals surface area contributed by atoms with E-state index in [-0.39, 0.29) is 17.4 Å². The fourth-order valence-corrected chi connectivity index (χ4v) is 6.86. The first-order valence-corrected chi connectivity index (χ1v) is 10.3. The number of anilines is 1. The van der Waals surface area contributed by atoms with E-state index in [1.165, 1.54) is 19.3 Å². The van der Waals surface area contributed by atoms with Crippen LogP contribution < -0.4 is 4.90 Å². The number of nitrogens with zero attached hydrogens (tertiary/aromatic N) is 2. The van der Waals surface area contributed by atoms with E-state index in [1.807, 2.05) is 42.2 Å². The average molecular weight is 364 g/mol. The van der Waals surface area contributed by atoms with Crippen LogP contribution in [-0.2, 0) is 4.79 Å². The number of rotatable bonds is 4. The molecule has 4 nitrogen and oxygen atoms in total. The molecule has 0 spiro atoms. The summed E-state index contributed by atoms with van der Waals surface area (Å²) < 4.78 is 5.66. The first-order chi connectivity index (χ1) is 13.0. The van der Waals surface area contributed by atoms with Crippen molar-refractivity contribution < 1.29 is 9.21 Å². The highest BCUT2D eigenvalue weighted by Crippen LogP contribution is 2.65. The Bertz CT molecular complexity index is 815. The van der Waals surface area contributed by atoms with Crippen LogP contribution in [0.4, 0.5) is 5.82 Å². The Morgan fingerprint density at radius 1 is 1.19 bits per heavy atom. The first-order valence-electron chi connectivity index (χ1n) is 10.3. The number of amides is 1. The van der Waals surface area contributed by atoms with Gasteiger partial charge in [0.2, 0.25) is 5.91 Å². The highest BCUT2D eigenvalue weighted by Gasteiger charge is 2.60. The van der Waals surface area contributed by atoms with Crippen molar-refractivity contribution in [3.63, 3.8) is 0 Å². The Kier molecular flexibility index (Phi) is 3.75. The molecule has 5 atom stereocenters. The van der Waals surface area contributed by atoms with Crippen LogP contribution in [0.5, 0.6) is 0 Å². The Balaban J connectivity index is 1.55. The molecule has 2 unspecified atom stereocenters. The van der Waals surface area contributed by atoms with Gasteiger partial charge in [0.15, 0.2) is 0 Å². The molecule has 0 radical (unpaired) electrons. The molecule has 0 aromatic carbocycles. The summed E-state index contributed by atoms with van der Waals surface area (Å²) in [6.45, 7) is 4.46. The van der Waals surface area contributed by atoms with Gasteiger partial charge in [-0.15, -0.1) is 0 Å². The van der Waals surface area contributed by atoms with E-state index in [4.69, 9.17) is 4.42 Å². The molecule has 142 valence electrons. The second kappa shape index (κ2) is 5.95. The van der Waals surface area contributed by atoms with Gasteiger partial charge in [-0.3, -0.25) is 9.69 Å². The lowest BCUT2D eigenvalue weighted by atomic mass is 9.44. The fraction of sp³-hybridized carbons (Fsp3) is 0.565. The maximum absolute atomic E-state index is 14.1. The van der Waals surface area contributed by atoms with E-state index in [0.717, 1.165) is 30.8 Å². The minimum atomic E-state index is -0.225. The Morgan fingerprint density at radius 2 is 1.96 bits per heavy atom. The van der Waals surface area contributed by atoms with Crippen LogP contribution in [-0.4, -0.2) is 10.9 Å². The van der Waals surface area contributed by atoms with Crippen LogP contribution in [0.15, 0.2) is 47.2 Å². The first kappa shape index (κ1) is 17.0. The van der Waals surface area contributed by atoms with Gasteiger partial charge in [-0.2, -0.15) is 0 Å². The van der Waals surface area contributed by atoms with Gasteiger partial charge in [-0.25, -0.2) is 4.98 Å². The molecule has 27 heavy (non-hydrogen) atoms. The van der Waals surface area contributed by atoms with Gasteiger partial charge >= 0.3 is 0 Å². The summed E-state index contributed by atoms with van der Waals surface area (Å²) in [7, 11) is 0.